The number of esters is 4. The molecule has 56 heavy (non-hydrogen) atoms. The first-order valence-electron chi connectivity index (χ1n) is 16.8. The second-order valence-electron chi connectivity index (χ2n) is 12.5. The monoisotopic (exact) mass is 788 g/mol. The maximum absolute atomic E-state index is 13.6. The average molecular weight is 789 g/mol. The van der Waals surface area contributed by atoms with Crippen LogP contribution in [-0.4, -0.2) is 118 Å². The number of aromatic hydroxyl groups is 3. The molecule has 2 atom stereocenters. The lowest BCUT2D eigenvalue weighted by Gasteiger charge is -2.42. The first kappa shape index (κ1) is 42.4. The number of aliphatic hydroxyl groups is 1. The molecule has 0 bridgehead atoms. The van der Waals surface area contributed by atoms with Gasteiger partial charge in [0.2, 0.25) is 17.2 Å². The zero-order chi connectivity index (χ0) is 41.3. The Morgan fingerprint density at radius 2 is 0.857 bits per heavy atom. The third-order valence-corrected chi connectivity index (χ3v) is 8.81. The van der Waals surface area contributed by atoms with Gasteiger partial charge in [0.25, 0.3) is 0 Å². The van der Waals surface area contributed by atoms with Crippen molar-refractivity contribution < 1.29 is 87.0 Å². The second-order valence-corrected chi connectivity index (χ2v) is 12.5. The molecule has 4 N–H and O–H groups in total. The summed E-state index contributed by atoms with van der Waals surface area (Å²) in [7, 11) is 8.93. The molecule has 4 rings (SSSR count). The number of phenolic OH excluding ortho intramolecular Hbond substituents is 3. The Hall–Kier alpha value is -6.30. The molecule has 18 heteroatoms. The molecular weight excluding hydrogens is 744 g/mol. The van der Waals surface area contributed by atoms with Crippen LogP contribution in [0.5, 0.6) is 51.7 Å². The first-order chi connectivity index (χ1) is 26.6. The van der Waals surface area contributed by atoms with E-state index < -0.39 is 79.9 Å². The van der Waals surface area contributed by atoms with Crippen molar-refractivity contribution in [3.05, 3.63) is 53.1 Å². The van der Waals surface area contributed by atoms with E-state index in [0.29, 0.717) is 0 Å². The number of carbonyl (C=O) groups is 4. The molecule has 0 aliphatic heterocycles. The molecule has 3 aromatic rings. The van der Waals surface area contributed by atoms with Gasteiger partial charge < -0.3 is 67.8 Å². The molecule has 0 aromatic heterocycles. The van der Waals surface area contributed by atoms with E-state index in [-0.39, 0.29) is 68.4 Å². The van der Waals surface area contributed by atoms with Gasteiger partial charge in [-0.3, -0.25) is 14.4 Å². The minimum Gasteiger partial charge on any atom is -0.504 e. The van der Waals surface area contributed by atoms with E-state index in [2.05, 4.69) is 0 Å². The molecule has 18 nitrogen and oxygen atoms in total. The SMILES string of the molecule is COC(=O)C1(O)C[C@H](OC(=O)Cc2cc(O)c(OC)c(OC)c2)C(OC(=O)Cc2cc(O)c(OC)c(OC)c2)[C@@H](OC(=O)Cc2cc(O)c(OC)c(OC)c2)C1. The number of ether oxygens (including phenoxy) is 10. The van der Waals surface area contributed by atoms with Crippen LogP contribution in [0, 0.1) is 0 Å². The Morgan fingerprint density at radius 1 is 0.536 bits per heavy atom. The van der Waals surface area contributed by atoms with Gasteiger partial charge in [-0.25, -0.2) is 4.79 Å². The predicted molar refractivity (Wildman–Crippen MR) is 191 cm³/mol. The lowest BCUT2D eigenvalue weighted by molar-refractivity contribution is -0.216. The molecule has 1 fully saturated rings. The zero-order valence-electron chi connectivity index (χ0n) is 31.7. The van der Waals surface area contributed by atoms with Gasteiger partial charge in [0.1, 0.15) is 12.2 Å². The summed E-state index contributed by atoms with van der Waals surface area (Å²) in [6.07, 6.45) is -7.64. The van der Waals surface area contributed by atoms with E-state index >= 15 is 0 Å². The normalized spacial score (nSPS) is 18.8. The molecule has 0 heterocycles. The molecular formula is C38H44O18. The lowest BCUT2D eigenvalue weighted by Crippen LogP contribution is -2.59. The summed E-state index contributed by atoms with van der Waals surface area (Å²) in [4.78, 5) is 53.5. The van der Waals surface area contributed by atoms with Crippen molar-refractivity contribution in [2.24, 2.45) is 0 Å². The quantitative estimate of drug-likeness (QED) is 0.120. The second kappa shape index (κ2) is 18.4. The Balaban J connectivity index is 1.70. The van der Waals surface area contributed by atoms with Crippen molar-refractivity contribution in [2.45, 2.75) is 56.0 Å². The van der Waals surface area contributed by atoms with Gasteiger partial charge in [-0.2, -0.15) is 0 Å². The minimum absolute atomic E-state index is 0.0165. The molecule has 3 aromatic carbocycles. The van der Waals surface area contributed by atoms with Crippen LogP contribution >= 0.6 is 0 Å². The zero-order valence-corrected chi connectivity index (χ0v) is 31.7. The Morgan fingerprint density at radius 3 is 1.14 bits per heavy atom. The van der Waals surface area contributed by atoms with E-state index in [1.807, 2.05) is 0 Å². The van der Waals surface area contributed by atoms with Crippen molar-refractivity contribution in [3.8, 4) is 51.7 Å². The number of hydrogen-bond donors (Lipinski definition) is 4. The average Bonchev–Trinajstić information content (AvgIpc) is 3.14. The van der Waals surface area contributed by atoms with Gasteiger partial charge >= 0.3 is 23.9 Å². The van der Waals surface area contributed by atoms with Crippen molar-refractivity contribution >= 4 is 23.9 Å². The molecule has 1 aliphatic rings. The smallest absolute Gasteiger partial charge is 0.338 e. The van der Waals surface area contributed by atoms with E-state index in [4.69, 9.17) is 47.4 Å². The summed E-state index contributed by atoms with van der Waals surface area (Å²) in [6.45, 7) is 0. The van der Waals surface area contributed by atoms with Crippen LogP contribution in [0.2, 0.25) is 0 Å². The van der Waals surface area contributed by atoms with Gasteiger partial charge in [0.15, 0.2) is 46.2 Å². The van der Waals surface area contributed by atoms with Crippen LogP contribution in [-0.2, 0) is 57.4 Å². The third kappa shape index (κ3) is 9.67. The van der Waals surface area contributed by atoms with Gasteiger partial charge in [0, 0.05) is 12.8 Å². The first-order valence-corrected chi connectivity index (χ1v) is 16.8. The summed E-state index contributed by atoms with van der Waals surface area (Å²) >= 11 is 0. The van der Waals surface area contributed by atoms with Gasteiger partial charge in [-0.1, -0.05) is 0 Å². The molecule has 0 amide bonds. The highest BCUT2D eigenvalue weighted by Crippen LogP contribution is 2.41. The lowest BCUT2D eigenvalue weighted by atomic mass is 9.79. The topological polar surface area (TPSA) is 241 Å². The van der Waals surface area contributed by atoms with Crippen LogP contribution in [0.3, 0.4) is 0 Å². The molecule has 0 saturated heterocycles. The Kier molecular flexibility index (Phi) is 13.9. The van der Waals surface area contributed by atoms with Crippen molar-refractivity contribution in [1.82, 2.24) is 0 Å². The fourth-order valence-corrected chi connectivity index (χ4v) is 6.37. The molecule has 1 saturated carbocycles. The summed E-state index contributed by atoms with van der Waals surface area (Å²) in [6, 6.07) is 7.96. The summed E-state index contributed by atoms with van der Waals surface area (Å²) in [5.74, 6) is -4.68. The number of hydrogen-bond acceptors (Lipinski definition) is 18. The van der Waals surface area contributed by atoms with Crippen LogP contribution in [0.25, 0.3) is 0 Å². The van der Waals surface area contributed by atoms with Crippen LogP contribution in [0.1, 0.15) is 29.5 Å². The van der Waals surface area contributed by atoms with Gasteiger partial charge in [0.05, 0.1) is 69.0 Å². The van der Waals surface area contributed by atoms with Gasteiger partial charge in [-0.05, 0) is 53.1 Å². The number of rotatable bonds is 16. The molecule has 1 aliphatic carbocycles. The maximum atomic E-state index is 13.6. The number of phenols is 3. The summed E-state index contributed by atoms with van der Waals surface area (Å²) in [5.41, 5.74) is -1.76. The fraction of sp³-hybridized carbons (Fsp3) is 0.421. The summed E-state index contributed by atoms with van der Waals surface area (Å²) in [5, 5.41) is 42.9. The predicted octanol–water partition coefficient (Wildman–Crippen LogP) is 2.32. The van der Waals surface area contributed by atoms with Crippen molar-refractivity contribution in [1.29, 1.82) is 0 Å². The van der Waals surface area contributed by atoms with Crippen molar-refractivity contribution in [2.75, 3.05) is 49.8 Å². The largest absolute Gasteiger partial charge is 0.504 e. The van der Waals surface area contributed by atoms with E-state index in [0.717, 1.165) is 7.11 Å². The highest BCUT2D eigenvalue weighted by Gasteiger charge is 2.55. The van der Waals surface area contributed by atoms with E-state index in [1.165, 1.54) is 79.1 Å². The highest BCUT2D eigenvalue weighted by molar-refractivity contribution is 5.81. The van der Waals surface area contributed by atoms with Crippen LogP contribution in [0.4, 0.5) is 0 Å². The van der Waals surface area contributed by atoms with Gasteiger partial charge in [-0.15, -0.1) is 0 Å². The van der Waals surface area contributed by atoms with Crippen molar-refractivity contribution in [3.63, 3.8) is 0 Å². The summed E-state index contributed by atoms with van der Waals surface area (Å²) < 4.78 is 53.2. The number of benzene rings is 3. The van der Waals surface area contributed by atoms with Crippen LogP contribution < -0.4 is 28.4 Å². The Labute approximate surface area is 321 Å². The highest BCUT2D eigenvalue weighted by atomic mass is 16.6. The number of methoxy groups -OCH3 is 7. The van der Waals surface area contributed by atoms with E-state index in [1.54, 1.807) is 0 Å². The molecule has 0 unspecified atom stereocenters. The van der Waals surface area contributed by atoms with E-state index in [9.17, 15) is 39.6 Å². The van der Waals surface area contributed by atoms with Crippen LogP contribution in [0.15, 0.2) is 36.4 Å². The third-order valence-electron chi connectivity index (χ3n) is 8.81. The fourth-order valence-electron chi connectivity index (χ4n) is 6.37. The molecule has 0 radical (unpaired) electrons. The molecule has 0 spiro atoms. The maximum Gasteiger partial charge on any atom is 0.338 e. The molecule has 304 valence electrons. The standard InChI is InChI=1S/C38H44O18/c1-47-25-11-19(8-22(39)33(25)50-4)14-30(42)54-28-17-38(46,37(45)53-7)18-29(55-31(43)15-20-9-23(40)34(51-5)26(12-20)48-2)36(28)56-32(44)16-21-10-24(41)35(52-6)27(13-21)49-3/h8-13,28-29,36,39-41,46H,14-18H2,1-7H3/t28-,29-,36?,38?/m0/s1. The Bertz CT molecular complexity index is 1840. The number of carbonyl (C=O) groups excluding carboxylic acids is 4. The minimum atomic E-state index is -2.41.